The minimum atomic E-state index is -0.497. The van der Waals surface area contributed by atoms with Crippen LogP contribution in [-0.4, -0.2) is 118 Å². The van der Waals surface area contributed by atoms with Gasteiger partial charge in [0.05, 0.1) is 42.7 Å². The van der Waals surface area contributed by atoms with Gasteiger partial charge in [-0.2, -0.15) is 10.4 Å². The number of fused-ring (bicyclic) bond motifs is 3. The first-order valence-corrected chi connectivity index (χ1v) is 16.9. The Morgan fingerprint density at radius 2 is 1.80 bits per heavy atom. The largest absolute Gasteiger partial charge is 0.491 e. The van der Waals surface area contributed by atoms with Crippen LogP contribution in [0.15, 0.2) is 55.1 Å². The molecule has 4 fully saturated rings. The quantitative estimate of drug-likeness (QED) is 0.257. The van der Waals surface area contributed by atoms with Gasteiger partial charge < -0.3 is 19.1 Å². The van der Waals surface area contributed by atoms with Crippen LogP contribution in [0.4, 0.5) is 10.6 Å². The van der Waals surface area contributed by atoms with Gasteiger partial charge in [0, 0.05) is 81.9 Å². The zero-order valence-corrected chi connectivity index (χ0v) is 28.6. The van der Waals surface area contributed by atoms with Gasteiger partial charge in [-0.05, 0) is 51.0 Å². The molecule has 2 unspecified atom stereocenters. The maximum absolute atomic E-state index is 12.6. The van der Waals surface area contributed by atoms with Gasteiger partial charge in [-0.15, -0.1) is 0 Å². The average Bonchev–Trinajstić information content (AvgIpc) is 3.51. The molecule has 0 aromatic carbocycles. The van der Waals surface area contributed by atoms with E-state index in [2.05, 4.69) is 43.0 Å². The topological polar surface area (TPSA) is 125 Å². The first-order chi connectivity index (χ1) is 23.7. The van der Waals surface area contributed by atoms with E-state index in [4.69, 9.17) is 19.2 Å². The summed E-state index contributed by atoms with van der Waals surface area (Å²) in [5.74, 6) is 2.22. The summed E-state index contributed by atoms with van der Waals surface area (Å²) in [7, 11) is 1.63. The zero-order chi connectivity index (χ0) is 34.1. The van der Waals surface area contributed by atoms with E-state index in [9.17, 15) is 10.1 Å². The predicted molar refractivity (Wildman–Crippen MR) is 184 cm³/mol. The fraction of sp³-hybridized carbons (Fsp3) is 0.472. The molecular weight excluding hydrogens is 622 g/mol. The maximum atomic E-state index is 12.6. The zero-order valence-electron chi connectivity index (χ0n) is 28.6. The number of rotatable bonds is 9. The van der Waals surface area contributed by atoms with E-state index < -0.39 is 5.60 Å². The number of piperazine rings is 2. The Hall–Kier alpha value is -4.93. The van der Waals surface area contributed by atoms with Gasteiger partial charge in [0.1, 0.15) is 29.8 Å². The van der Waals surface area contributed by atoms with Gasteiger partial charge in [0.2, 0.25) is 5.88 Å². The summed E-state index contributed by atoms with van der Waals surface area (Å²) in [4.78, 5) is 30.8. The number of ether oxygens (including phenoxy) is 3. The molecule has 0 radical (unpaired) electrons. The Labute approximate surface area is 286 Å². The lowest BCUT2D eigenvalue weighted by molar-refractivity contribution is -0.0777. The van der Waals surface area contributed by atoms with Crippen LogP contribution >= 0.6 is 0 Å². The SMILES string of the molecule is COc1ccc(CN2CCN(c3ccc(-c4cc(OCCN5CC6CC(C5)N6C(=O)OC(C)(C)C)cn5ncc(C#N)c45)cn3)CC2)cn1. The number of hydrogen-bond donors (Lipinski definition) is 0. The standard InChI is InChI=1S/C36H43N9O4/c1-36(2,3)49-35(46)45-28-15-29(45)23-42(22-28)13-14-48-30-16-31(34-27(17-37)20-40-44(34)24-30)26-6-7-32(38-19-26)43-11-9-41(10-12-43)21-25-5-8-33(47-4)39-18-25/h5-8,16,18-20,24,28-29H,9-15,21-23H2,1-4H3. The number of amides is 1. The van der Waals surface area contributed by atoms with E-state index in [1.54, 1.807) is 17.8 Å². The van der Waals surface area contributed by atoms with E-state index in [-0.39, 0.29) is 18.2 Å². The number of nitrogens with zero attached hydrogens (tertiary/aromatic N) is 9. The molecule has 0 spiro atoms. The molecule has 4 aromatic rings. The fourth-order valence-electron chi connectivity index (χ4n) is 7.01. The summed E-state index contributed by atoms with van der Waals surface area (Å²) < 4.78 is 18.8. The van der Waals surface area contributed by atoms with Crippen LogP contribution < -0.4 is 14.4 Å². The smallest absolute Gasteiger partial charge is 0.410 e. The van der Waals surface area contributed by atoms with Crippen molar-refractivity contribution < 1.29 is 19.0 Å². The van der Waals surface area contributed by atoms with Crippen LogP contribution in [0, 0.1) is 11.3 Å². The van der Waals surface area contributed by atoms with Gasteiger partial charge in [0.15, 0.2) is 0 Å². The van der Waals surface area contributed by atoms with E-state index >= 15 is 0 Å². The normalized spacial score (nSPS) is 19.7. The summed E-state index contributed by atoms with van der Waals surface area (Å²) in [5.41, 5.74) is 3.62. The number of piperidine rings is 1. The van der Waals surface area contributed by atoms with Gasteiger partial charge in [0.25, 0.3) is 0 Å². The van der Waals surface area contributed by atoms with Crippen LogP contribution in [0.5, 0.6) is 11.6 Å². The Morgan fingerprint density at radius 1 is 1.00 bits per heavy atom. The van der Waals surface area contributed by atoms with Gasteiger partial charge in [-0.25, -0.2) is 19.3 Å². The molecule has 0 aliphatic carbocycles. The molecule has 13 nitrogen and oxygen atoms in total. The molecule has 4 aliphatic heterocycles. The van der Waals surface area contributed by atoms with Crippen molar-refractivity contribution in [1.29, 1.82) is 5.26 Å². The third kappa shape index (κ3) is 7.11. The number of hydrogen-bond acceptors (Lipinski definition) is 11. The highest BCUT2D eigenvalue weighted by atomic mass is 16.6. The van der Waals surface area contributed by atoms with E-state index in [0.717, 1.165) is 81.2 Å². The van der Waals surface area contributed by atoms with Crippen molar-refractivity contribution in [3.05, 3.63) is 66.2 Å². The number of carbonyl (C=O) groups is 1. The third-order valence-electron chi connectivity index (χ3n) is 9.42. The molecule has 49 heavy (non-hydrogen) atoms. The summed E-state index contributed by atoms with van der Waals surface area (Å²) in [6, 6.07) is 12.7. The molecule has 8 heterocycles. The van der Waals surface area contributed by atoms with Gasteiger partial charge in [-0.1, -0.05) is 6.07 Å². The molecule has 2 atom stereocenters. The summed E-state index contributed by atoms with van der Waals surface area (Å²) >= 11 is 0. The first-order valence-electron chi connectivity index (χ1n) is 16.9. The van der Waals surface area contributed by atoms with E-state index in [0.29, 0.717) is 23.8 Å². The lowest BCUT2D eigenvalue weighted by Gasteiger charge is -2.55. The second kappa shape index (κ2) is 13.5. The van der Waals surface area contributed by atoms with E-state index in [1.165, 1.54) is 5.56 Å². The molecule has 0 N–H and O–H groups in total. The lowest BCUT2D eigenvalue weighted by atomic mass is 9.88. The van der Waals surface area contributed by atoms with Crippen molar-refractivity contribution in [2.24, 2.45) is 0 Å². The van der Waals surface area contributed by atoms with Crippen LogP contribution in [-0.2, 0) is 11.3 Å². The molecule has 4 aromatic heterocycles. The molecule has 13 heteroatoms. The van der Waals surface area contributed by atoms with Crippen molar-refractivity contribution >= 4 is 17.4 Å². The maximum Gasteiger partial charge on any atom is 0.410 e. The lowest BCUT2D eigenvalue weighted by Crippen LogP contribution is -2.70. The number of anilines is 1. The van der Waals surface area contributed by atoms with Crippen molar-refractivity contribution in [3.63, 3.8) is 0 Å². The molecule has 256 valence electrons. The number of carbonyl (C=O) groups excluding carboxylic acids is 1. The average molecular weight is 666 g/mol. The van der Waals surface area contributed by atoms with Crippen molar-refractivity contribution in [2.75, 3.05) is 64.4 Å². The Kier molecular flexibility index (Phi) is 9.00. The highest BCUT2D eigenvalue weighted by Gasteiger charge is 2.48. The van der Waals surface area contributed by atoms with Crippen molar-refractivity contribution in [3.8, 4) is 28.8 Å². The molecule has 0 saturated carbocycles. The van der Waals surface area contributed by atoms with Gasteiger partial charge in [-0.3, -0.25) is 14.7 Å². The molecule has 2 bridgehead atoms. The summed E-state index contributed by atoms with van der Waals surface area (Å²) in [6.45, 7) is 13.0. The van der Waals surface area contributed by atoms with Crippen LogP contribution in [0.2, 0.25) is 0 Å². The Bertz CT molecular complexity index is 1810. The second-order valence-corrected chi connectivity index (χ2v) is 14.0. The molecule has 1 amide bonds. The van der Waals surface area contributed by atoms with Gasteiger partial charge >= 0.3 is 6.09 Å². The van der Waals surface area contributed by atoms with Crippen LogP contribution in [0.1, 0.15) is 38.3 Å². The van der Waals surface area contributed by atoms with Crippen molar-refractivity contribution in [2.45, 2.75) is 51.4 Å². The molecular formula is C36H43N9O4. The highest BCUT2D eigenvalue weighted by molar-refractivity contribution is 5.85. The molecule has 4 aliphatic rings. The monoisotopic (exact) mass is 665 g/mol. The highest BCUT2D eigenvalue weighted by Crippen LogP contribution is 2.34. The third-order valence-corrected chi connectivity index (χ3v) is 9.42. The Balaban J connectivity index is 0.971. The molecule has 8 rings (SSSR count). The molecule has 4 saturated heterocycles. The minimum Gasteiger partial charge on any atom is -0.491 e. The number of methoxy groups -OCH3 is 1. The first kappa shape index (κ1) is 32.6. The second-order valence-electron chi connectivity index (χ2n) is 14.0. The van der Waals surface area contributed by atoms with Crippen LogP contribution in [0.25, 0.3) is 16.6 Å². The summed E-state index contributed by atoms with van der Waals surface area (Å²) in [5, 5.41) is 14.3. The minimum absolute atomic E-state index is 0.182. The fourth-order valence-corrected chi connectivity index (χ4v) is 7.01. The number of pyridine rings is 3. The van der Waals surface area contributed by atoms with Crippen molar-refractivity contribution in [1.82, 2.24) is 34.3 Å². The van der Waals surface area contributed by atoms with Crippen LogP contribution in [0.3, 0.4) is 0 Å². The summed E-state index contributed by atoms with van der Waals surface area (Å²) in [6.07, 6.45) is 7.95. The number of aromatic nitrogens is 4. The Morgan fingerprint density at radius 3 is 2.45 bits per heavy atom. The predicted octanol–water partition coefficient (Wildman–Crippen LogP) is 4.07. The number of nitriles is 1. The van der Waals surface area contributed by atoms with E-state index in [1.807, 2.05) is 62.5 Å².